The average molecular weight is 432 g/mol. The number of amides is 2. The first kappa shape index (κ1) is 26.2. The maximum Gasteiger partial charge on any atom is 0.457 e. The van der Waals surface area contributed by atoms with E-state index < -0.39 is 5.54 Å². The van der Waals surface area contributed by atoms with Gasteiger partial charge in [-0.1, -0.05) is 6.42 Å². The Bertz CT molecular complexity index is 593. The largest absolute Gasteiger partial charge is 0.457 e. The van der Waals surface area contributed by atoms with Crippen molar-refractivity contribution in [3.8, 4) is 0 Å². The number of carbonyl (C=O) groups excluding carboxylic acids is 2. The Morgan fingerprint density at radius 1 is 1.14 bits per heavy atom. The monoisotopic (exact) mass is 431 g/mol. The maximum absolute atomic E-state index is 13.1. The fourth-order valence-electron chi connectivity index (χ4n) is 3.96. The van der Waals surface area contributed by atoms with Crippen LogP contribution in [0.5, 0.6) is 0 Å². The van der Waals surface area contributed by atoms with Crippen LogP contribution in [-0.4, -0.2) is 54.3 Å². The molecule has 0 radical (unpaired) electrons. The topological polar surface area (TPSA) is 88.7 Å². The Hall–Kier alpha value is -0.825. The van der Waals surface area contributed by atoms with Crippen LogP contribution < -0.4 is 16.0 Å². The molecule has 0 spiro atoms. The third kappa shape index (κ3) is 6.09. The van der Waals surface area contributed by atoms with Crippen LogP contribution in [0.3, 0.4) is 0 Å². The molecule has 2 rings (SSSR count). The maximum atomic E-state index is 13.1. The van der Waals surface area contributed by atoms with E-state index in [0.717, 1.165) is 19.2 Å². The van der Waals surface area contributed by atoms with Crippen molar-refractivity contribution in [1.29, 1.82) is 0 Å². The number of hydrogen-bond donors (Lipinski definition) is 3. The second-order valence-electron chi connectivity index (χ2n) is 10.3. The van der Waals surface area contributed by atoms with Crippen molar-refractivity contribution in [2.24, 2.45) is 5.92 Å². The zero-order chi connectivity index (χ0) is 21.4. The molecule has 29 heavy (non-hydrogen) atoms. The molecule has 0 aromatic heterocycles. The van der Waals surface area contributed by atoms with Gasteiger partial charge in [0.15, 0.2) is 0 Å². The van der Waals surface area contributed by atoms with Crippen molar-refractivity contribution in [3.05, 3.63) is 0 Å². The summed E-state index contributed by atoms with van der Waals surface area (Å²) >= 11 is 0. The third-order valence-corrected chi connectivity index (χ3v) is 6.08. The summed E-state index contributed by atoms with van der Waals surface area (Å²) < 4.78 is 12.1. The van der Waals surface area contributed by atoms with E-state index in [1.807, 2.05) is 48.5 Å². The number of nitrogens with one attached hydrogen (secondary N) is 3. The molecule has 2 amide bonds. The van der Waals surface area contributed by atoms with Crippen molar-refractivity contribution in [3.63, 3.8) is 0 Å². The molecule has 9 heteroatoms. The lowest BCUT2D eigenvalue weighted by Gasteiger charge is -2.36. The Labute approximate surface area is 182 Å². The van der Waals surface area contributed by atoms with Crippen molar-refractivity contribution in [2.45, 2.75) is 96.8 Å². The Balaban J connectivity index is 0.00000420. The van der Waals surface area contributed by atoms with E-state index in [1.165, 1.54) is 6.92 Å². The van der Waals surface area contributed by atoms with Crippen LogP contribution in [0.15, 0.2) is 0 Å². The minimum atomic E-state index is -0.922. The van der Waals surface area contributed by atoms with Crippen LogP contribution in [-0.2, 0) is 18.9 Å². The van der Waals surface area contributed by atoms with Gasteiger partial charge < -0.3 is 25.3 Å². The van der Waals surface area contributed by atoms with Crippen LogP contribution in [0.1, 0.15) is 68.2 Å². The minimum absolute atomic E-state index is 0. The van der Waals surface area contributed by atoms with Gasteiger partial charge in [0.25, 0.3) is 0 Å². The molecule has 0 saturated carbocycles. The van der Waals surface area contributed by atoms with Gasteiger partial charge in [0.1, 0.15) is 5.54 Å². The molecule has 0 bridgehead atoms. The standard InChI is InChI=1S/C20H38BN3O4.ClH/c1-14(25)23-20(16(26)24-17(2,3)4)13-22-12-15(20)10-9-11-21-27-18(5,6)19(7,8)28-21;/h15,22H,9-13H2,1-8H3,(H,23,25)(H,24,26);1H/t15-,20-;/m0./s1. The van der Waals surface area contributed by atoms with Gasteiger partial charge in [0.05, 0.1) is 11.2 Å². The summed E-state index contributed by atoms with van der Waals surface area (Å²) in [7, 11) is -0.238. The van der Waals surface area contributed by atoms with E-state index in [-0.39, 0.29) is 54.0 Å². The first-order chi connectivity index (χ1) is 12.7. The van der Waals surface area contributed by atoms with E-state index in [4.69, 9.17) is 9.31 Å². The van der Waals surface area contributed by atoms with Gasteiger partial charge in [-0.15, -0.1) is 12.4 Å². The highest BCUT2D eigenvalue weighted by Gasteiger charge is 2.52. The van der Waals surface area contributed by atoms with Gasteiger partial charge >= 0.3 is 7.12 Å². The first-order valence-electron chi connectivity index (χ1n) is 10.4. The van der Waals surface area contributed by atoms with Crippen LogP contribution in [0, 0.1) is 5.92 Å². The normalized spacial score (nSPS) is 28.0. The van der Waals surface area contributed by atoms with Crippen LogP contribution in [0.4, 0.5) is 0 Å². The molecule has 2 atom stereocenters. The van der Waals surface area contributed by atoms with E-state index in [0.29, 0.717) is 13.1 Å². The number of halogens is 1. The van der Waals surface area contributed by atoms with Gasteiger partial charge in [0.2, 0.25) is 11.8 Å². The number of rotatable bonds is 6. The summed E-state index contributed by atoms with van der Waals surface area (Å²) in [5, 5.41) is 9.31. The zero-order valence-electron chi connectivity index (χ0n) is 19.2. The molecule has 0 unspecified atom stereocenters. The highest BCUT2D eigenvalue weighted by molar-refractivity contribution is 6.45. The fourth-order valence-corrected chi connectivity index (χ4v) is 3.96. The summed E-state index contributed by atoms with van der Waals surface area (Å²) in [6, 6.07) is 0. The lowest BCUT2D eigenvalue weighted by molar-refractivity contribution is -0.135. The van der Waals surface area contributed by atoms with E-state index in [2.05, 4.69) is 16.0 Å². The minimum Gasteiger partial charge on any atom is -0.403 e. The van der Waals surface area contributed by atoms with Crippen molar-refractivity contribution in [1.82, 2.24) is 16.0 Å². The Morgan fingerprint density at radius 3 is 2.17 bits per heavy atom. The van der Waals surface area contributed by atoms with Crippen LogP contribution in [0.2, 0.25) is 6.32 Å². The summed E-state index contributed by atoms with van der Waals surface area (Å²) in [6.45, 7) is 16.6. The molecule has 2 aliphatic heterocycles. The summed E-state index contributed by atoms with van der Waals surface area (Å²) in [5.41, 5.74) is -1.95. The van der Waals surface area contributed by atoms with E-state index >= 15 is 0 Å². The third-order valence-electron chi connectivity index (χ3n) is 6.08. The van der Waals surface area contributed by atoms with Gasteiger partial charge in [0, 0.05) is 31.5 Å². The van der Waals surface area contributed by atoms with Crippen molar-refractivity contribution in [2.75, 3.05) is 13.1 Å². The van der Waals surface area contributed by atoms with Crippen molar-refractivity contribution < 1.29 is 18.9 Å². The predicted octanol–water partition coefficient (Wildman–Crippen LogP) is 2.29. The molecule has 7 nitrogen and oxygen atoms in total. The highest BCUT2D eigenvalue weighted by atomic mass is 35.5. The van der Waals surface area contributed by atoms with E-state index in [1.54, 1.807) is 0 Å². The van der Waals surface area contributed by atoms with Crippen LogP contribution >= 0.6 is 12.4 Å². The Morgan fingerprint density at radius 2 is 1.69 bits per heavy atom. The molecule has 2 aliphatic rings. The average Bonchev–Trinajstić information content (AvgIpc) is 2.96. The molecule has 2 heterocycles. The van der Waals surface area contributed by atoms with Gasteiger partial charge in [-0.05, 0) is 61.2 Å². The molecule has 2 fully saturated rings. The lowest BCUT2D eigenvalue weighted by atomic mass is 9.77. The lowest BCUT2D eigenvalue weighted by Crippen LogP contribution is -2.65. The van der Waals surface area contributed by atoms with Crippen molar-refractivity contribution >= 4 is 31.3 Å². The molecule has 0 aliphatic carbocycles. The fraction of sp³-hybridized carbons (Fsp3) is 0.900. The second-order valence-corrected chi connectivity index (χ2v) is 10.3. The molecular formula is C20H39BClN3O4. The second kappa shape index (κ2) is 9.12. The van der Waals surface area contributed by atoms with Gasteiger partial charge in [-0.25, -0.2) is 0 Å². The highest BCUT2D eigenvalue weighted by Crippen LogP contribution is 2.38. The molecule has 0 aromatic carbocycles. The number of hydrogen-bond acceptors (Lipinski definition) is 5. The molecular weight excluding hydrogens is 393 g/mol. The predicted molar refractivity (Wildman–Crippen MR) is 118 cm³/mol. The number of carbonyl (C=O) groups is 2. The molecule has 168 valence electrons. The SMILES string of the molecule is CC(=O)N[C@@]1(C(=O)NC(C)(C)C)CNC[C@@H]1CCCB1OC(C)(C)C(C)(C)O1.Cl. The summed E-state index contributed by atoms with van der Waals surface area (Å²) in [5.74, 6) is -0.300. The molecule has 3 N–H and O–H groups in total. The summed E-state index contributed by atoms with van der Waals surface area (Å²) in [4.78, 5) is 25.0. The molecule has 0 aromatic rings. The quantitative estimate of drug-likeness (QED) is 0.562. The van der Waals surface area contributed by atoms with Crippen LogP contribution in [0.25, 0.3) is 0 Å². The van der Waals surface area contributed by atoms with Gasteiger partial charge in [-0.3, -0.25) is 9.59 Å². The van der Waals surface area contributed by atoms with Gasteiger partial charge in [-0.2, -0.15) is 0 Å². The first-order valence-corrected chi connectivity index (χ1v) is 10.4. The zero-order valence-corrected chi connectivity index (χ0v) is 20.0. The Kier molecular flexibility index (Phi) is 8.25. The van der Waals surface area contributed by atoms with E-state index in [9.17, 15) is 9.59 Å². The molecule has 2 saturated heterocycles. The summed E-state index contributed by atoms with van der Waals surface area (Å²) in [6.07, 6.45) is 2.42. The smallest absolute Gasteiger partial charge is 0.403 e.